The van der Waals surface area contributed by atoms with Crippen LogP contribution in [0.2, 0.25) is 0 Å². The zero-order chi connectivity index (χ0) is 20.5. The van der Waals surface area contributed by atoms with Gasteiger partial charge in [-0.15, -0.1) is 32.9 Å². The molecule has 9 heteroatoms. The summed E-state index contributed by atoms with van der Waals surface area (Å²) in [6, 6.07) is 13.3. The molecule has 0 saturated heterocycles. The van der Waals surface area contributed by atoms with Crippen LogP contribution in [0.25, 0.3) is 21.1 Å². The van der Waals surface area contributed by atoms with Crippen molar-refractivity contribution in [3.8, 4) is 21.1 Å². The lowest BCUT2D eigenvalue weighted by molar-refractivity contribution is -0.115. The second-order valence-electron chi connectivity index (χ2n) is 6.55. The molecule has 0 unspecified atom stereocenters. The number of anilines is 1. The molecule has 1 N–H and O–H groups in total. The Morgan fingerprint density at radius 3 is 2.53 bits per heavy atom. The highest BCUT2D eigenvalue weighted by Gasteiger charge is 2.20. The number of thiophene rings is 2. The predicted octanol–water partition coefficient (Wildman–Crippen LogP) is 4.80. The third-order valence-electron chi connectivity index (χ3n) is 4.56. The maximum absolute atomic E-state index is 12.7. The molecule has 1 aliphatic rings. The highest BCUT2D eigenvalue weighted by molar-refractivity contribution is 7.99. The molecular formula is C21H14N4O2S3. The van der Waals surface area contributed by atoms with Gasteiger partial charge in [-0.1, -0.05) is 23.9 Å². The number of nitrogens with one attached hydrogen (secondary N) is 1. The minimum absolute atomic E-state index is 0.0363. The minimum Gasteiger partial charge on any atom is -0.326 e. The van der Waals surface area contributed by atoms with Gasteiger partial charge in [0.05, 0.1) is 21.9 Å². The van der Waals surface area contributed by atoms with Crippen molar-refractivity contribution in [3.63, 3.8) is 0 Å². The van der Waals surface area contributed by atoms with Crippen molar-refractivity contribution in [3.05, 3.63) is 64.4 Å². The number of nitrogens with zero attached hydrogens (tertiary/aromatic N) is 3. The number of fused-ring (bicyclic) bond motifs is 1. The summed E-state index contributed by atoms with van der Waals surface area (Å²) in [5, 5.41) is 15.9. The topological polar surface area (TPSA) is 84.8 Å². The van der Waals surface area contributed by atoms with E-state index in [0.29, 0.717) is 17.1 Å². The van der Waals surface area contributed by atoms with Gasteiger partial charge in [0.1, 0.15) is 11.4 Å². The number of benzene rings is 1. The van der Waals surface area contributed by atoms with Gasteiger partial charge in [-0.05, 0) is 46.7 Å². The number of hydrogen-bond acceptors (Lipinski definition) is 8. The molecule has 0 aliphatic carbocycles. The molecular weight excluding hydrogens is 436 g/mol. The lowest BCUT2D eigenvalue weighted by Gasteiger charge is -2.07. The summed E-state index contributed by atoms with van der Waals surface area (Å²) in [4.78, 5) is 30.9. The largest absolute Gasteiger partial charge is 0.326 e. The van der Waals surface area contributed by atoms with Crippen LogP contribution >= 0.6 is 34.4 Å². The molecule has 0 spiro atoms. The van der Waals surface area contributed by atoms with Crippen molar-refractivity contribution >= 4 is 51.8 Å². The number of Topliss-reactive ketones (excluding diaryl/α,β-unsaturated/α-hetero) is 1. The smallest absolute Gasteiger partial charge is 0.228 e. The first-order valence-corrected chi connectivity index (χ1v) is 11.8. The lowest BCUT2D eigenvalue weighted by atomic mass is 10.1. The number of carbonyl (C=O) groups excluding carboxylic acids is 2. The van der Waals surface area contributed by atoms with Gasteiger partial charge in [-0.25, -0.2) is 4.98 Å². The maximum atomic E-state index is 12.7. The second-order valence-corrected chi connectivity index (χ2v) is 9.39. The summed E-state index contributed by atoms with van der Waals surface area (Å²) in [5.41, 5.74) is 3.74. The molecule has 1 aromatic carbocycles. The molecule has 0 fully saturated rings. The normalized spacial score (nSPS) is 12.6. The van der Waals surface area contributed by atoms with Gasteiger partial charge in [-0.2, -0.15) is 0 Å². The summed E-state index contributed by atoms with van der Waals surface area (Å²) in [6.45, 7) is 0. The molecule has 3 aromatic heterocycles. The third kappa shape index (κ3) is 3.79. The van der Waals surface area contributed by atoms with Crippen molar-refractivity contribution in [2.24, 2.45) is 0 Å². The number of amides is 1. The number of thioether (sulfide) groups is 1. The van der Waals surface area contributed by atoms with Crippen molar-refractivity contribution in [1.82, 2.24) is 15.2 Å². The summed E-state index contributed by atoms with van der Waals surface area (Å²) in [5.74, 6) is 0.116. The molecule has 0 saturated carbocycles. The van der Waals surface area contributed by atoms with E-state index in [1.165, 1.54) is 11.8 Å². The van der Waals surface area contributed by atoms with Crippen molar-refractivity contribution in [2.75, 3.05) is 11.1 Å². The van der Waals surface area contributed by atoms with Crippen molar-refractivity contribution in [1.29, 1.82) is 0 Å². The van der Waals surface area contributed by atoms with E-state index in [9.17, 15) is 9.59 Å². The number of hydrogen-bond donors (Lipinski definition) is 1. The molecule has 0 bridgehead atoms. The van der Waals surface area contributed by atoms with Gasteiger partial charge in [0.2, 0.25) is 11.1 Å². The fraction of sp³-hybridized carbons (Fsp3) is 0.0952. The van der Waals surface area contributed by atoms with E-state index in [-0.39, 0.29) is 17.4 Å². The zero-order valence-electron chi connectivity index (χ0n) is 15.5. The average molecular weight is 451 g/mol. The summed E-state index contributed by atoms with van der Waals surface area (Å²) >= 11 is 4.45. The summed E-state index contributed by atoms with van der Waals surface area (Å²) < 4.78 is 0. The number of ketones is 1. The van der Waals surface area contributed by atoms with Crippen LogP contribution < -0.4 is 5.32 Å². The molecule has 148 valence electrons. The molecule has 1 amide bonds. The predicted molar refractivity (Wildman–Crippen MR) is 120 cm³/mol. The Kier molecular flexibility index (Phi) is 5.16. The van der Waals surface area contributed by atoms with E-state index >= 15 is 0 Å². The molecule has 0 atom stereocenters. The van der Waals surface area contributed by atoms with Crippen molar-refractivity contribution < 1.29 is 9.59 Å². The Morgan fingerprint density at radius 1 is 1.03 bits per heavy atom. The standard InChI is InChI=1S/C21H14N4O2S3/c26-15(12-5-6-14-13(9-12)10-18(27)22-14)11-30-21-23-19(16-3-1-7-28-16)20(24-25-21)17-4-2-8-29-17/h1-9H,10-11H2,(H,22,27). The first-order valence-electron chi connectivity index (χ1n) is 9.08. The highest BCUT2D eigenvalue weighted by atomic mass is 32.2. The van der Waals surface area contributed by atoms with E-state index in [1.807, 2.05) is 35.0 Å². The Labute approximate surface area is 184 Å². The molecule has 30 heavy (non-hydrogen) atoms. The molecule has 5 rings (SSSR count). The summed E-state index contributed by atoms with van der Waals surface area (Å²) in [7, 11) is 0. The van der Waals surface area contributed by atoms with Crippen LogP contribution in [0, 0.1) is 0 Å². The Morgan fingerprint density at radius 2 is 1.80 bits per heavy atom. The zero-order valence-corrected chi connectivity index (χ0v) is 17.9. The molecule has 4 aromatic rings. The van der Waals surface area contributed by atoms with Crippen LogP contribution in [0.1, 0.15) is 15.9 Å². The third-order valence-corrected chi connectivity index (χ3v) is 7.15. The number of carbonyl (C=O) groups is 2. The van der Waals surface area contributed by atoms with Gasteiger partial charge in [-0.3, -0.25) is 9.59 Å². The van der Waals surface area contributed by atoms with Crippen LogP contribution in [0.3, 0.4) is 0 Å². The van der Waals surface area contributed by atoms with Crippen molar-refractivity contribution in [2.45, 2.75) is 11.6 Å². The second kappa shape index (κ2) is 8.10. The van der Waals surface area contributed by atoms with E-state index in [4.69, 9.17) is 4.98 Å². The van der Waals surface area contributed by atoms with Gasteiger partial charge >= 0.3 is 0 Å². The first kappa shape index (κ1) is 19.1. The van der Waals surface area contributed by atoms with Crippen LogP contribution in [-0.2, 0) is 11.2 Å². The number of rotatable bonds is 6. The minimum atomic E-state index is -0.0459. The molecule has 1 aliphatic heterocycles. The fourth-order valence-corrected chi connectivity index (χ4v) is 5.26. The molecule has 4 heterocycles. The SMILES string of the molecule is O=C1Cc2cc(C(=O)CSc3nnc(-c4cccs4)c(-c4cccs4)n3)ccc2N1. The van der Waals surface area contributed by atoms with E-state index in [1.54, 1.807) is 40.9 Å². The van der Waals surface area contributed by atoms with E-state index in [2.05, 4.69) is 15.5 Å². The maximum Gasteiger partial charge on any atom is 0.228 e. The average Bonchev–Trinajstić information content (AvgIpc) is 3.52. The van der Waals surface area contributed by atoms with Crippen LogP contribution in [0.5, 0.6) is 0 Å². The Bertz CT molecular complexity index is 1240. The van der Waals surface area contributed by atoms with Gasteiger partial charge in [0.15, 0.2) is 5.78 Å². The van der Waals surface area contributed by atoms with E-state index in [0.717, 1.165) is 32.4 Å². The Balaban J connectivity index is 1.37. The highest BCUT2D eigenvalue weighted by Crippen LogP contribution is 2.34. The van der Waals surface area contributed by atoms with Crippen LogP contribution in [0.4, 0.5) is 5.69 Å². The number of aromatic nitrogens is 3. The first-order chi connectivity index (χ1) is 14.7. The monoisotopic (exact) mass is 450 g/mol. The van der Waals surface area contributed by atoms with E-state index < -0.39 is 0 Å². The van der Waals surface area contributed by atoms with Crippen LogP contribution in [0.15, 0.2) is 58.4 Å². The lowest BCUT2D eigenvalue weighted by Crippen LogP contribution is -2.05. The van der Waals surface area contributed by atoms with Gasteiger partial charge in [0, 0.05) is 11.3 Å². The summed E-state index contributed by atoms with van der Waals surface area (Å²) in [6.07, 6.45) is 0.310. The van der Waals surface area contributed by atoms with Crippen LogP contribution in [-0.4, -0.2) is 32.6 Å². The Hall–Kier alpha value is -2.88. The quantitative estimate of drug-likeness (QED) is 0.336. The van der Waals surface area contributed by atoms with Gasteiger partial charge in [0.25, 0.3) is 0 Å². The fourth-order valence-electron chi connectivity index (χ4n) is 3.15. The molecule has 0 radical (unpaired) electrons. The molecule has 6 nitrogen and oxygen atoms in total. The van der Waals surface area contributed by atoms with Gasteiger partial charge < -0.3 is 5.32 Å².